The molecule has 3 unspecified atom stereocenters. The van der Waals surface area contributed by atoms with Crippen molar-refractivity contribution in [2.24, 2.45) is 0 Å². The van der Waals surface area contributed by atoms with E-state index in [-0.39, 0.29) is 31.5 Å². The number of carbonyl (C=O) groups is 2. The molecule has 9 nitrogen and oxygen atoms in total. The highest BCUT2D eigenvalue weighted by Crippen LogP contribution is 2.43. The number of phosphoric ester groups is 1. The van der Waals surface area contributed by atoms with Gasteiger partial charge in [0, 0.05) is 12.8 Å². The Kier molecular flexibility index (Phi) is 56.2. The number of esters is 1. The van der Waals surface area contributed by atoms with E-state index in [4.69, 9.17) is 13.8 Å². The van der Waals surface area contributed by atoms with Crippen molar-refractivity contribution >= 4 is 19.7 Å². The maximum Gasteiger partial charge on any atom is 0.472 e. The summed E-state index contributed by atoms with van der Waals surface area (Å²) in [5.74, 6) is -0.506. The first kappa shape index (κ1) is 75.7. The molecule has 0 saturated heterocycles. The first-order valence-electron chi connectivity index (χ1n) is 33.1. The van der Waals surface area contributed by atoms with E-state index in [1.54, 1.807) is 0 Å². The molecule has 0 aromatic rings. The molecule has 0 spiro atoms. The number of amides is 1. The summed E-state index contributed by atoms with van der Waals surface area (Å²) in [5, 5.41) is 3.06. The monoisotopic (exact) mass is 1120 g/mol. The van der Waals surface area contributed by atoms with Gasteiger partial charge in [0.15, 0.2) is 0 Å². The second-order valence-corrected chi connectivity index (χ2v) is 25.1. The van der Waals surface area contributed by atoms with E-state index in [1.165, 1.54) is 193 Å². The minimum Gasteiger partial charge on any atom is -0.456 e. The van der Waals surface area contributed by atoms with Crippen LogP contribution in [0.4, 0.5) is 0 Å². The van der Waals surface area contributed by atoms with Crippen LogP contribution in [0.25, 0.3) is 0 Å². The molecule has 10 heteroatoms. The lowest BCUT2D eigenvalue weighted by Crippen LogP contribution is -2.47. The van der Waals surface area contributed by atoms with Crippen molar-refractivity contribution in [1.29, 1.82) is 0 Å². The van der Waals surface area contributed by atoms with E-state index in [2.05, 4.69) is 74.7 Å². The first-order valence-corrected chi connectivity index (χ1v) is 34.6. The topological polar surface area (TPSA) is 111 Å². The smallest absolute Gasteiger partial charge is 0.456 e. The standard InChI is InChI=1S/C68H127N2O7P/c1-7-10-13-16-19-22-25-28-30-32-33-34-35-36-37-39-40-42-45-48-51-54-57-60-67(71)69-65(64-76-78(73,74)75-63-62-70(4,5)6)66(59-56-53-50-47-44-27-24-21-18-15-12-9-3)77-68(72)61-58-55-52-49-46-43-41-38-31-29-26-23-20-17-14-11-8-2/h19-20,22-23,28-31,56,59,65-66H,7-18,21,24-27,32-55,57-58,60-64H2,1-6H3,(H-,69,71,73,74)/p+1/b22-19-,23-20-,30-28-,31-29-,59-56-. The van der Waals surface area contributed by atoms with Gasteiger partial charge in [-0.05, 0) is 96.0 Å². The van der Waals surface area contributed by atoms with Crippen LogP contribution >= 0.6 is 7.82 Å². The molecule has 0 aliphatic heterocycles. The van der Waals surface area contributed by atoms with Gasteiger partial charge in [0.1, 0.15) is 19.3 Å². The van der Waals surface area contributed by atoms with E-state index in [9.17, 15) is 19.0 Å². The minimum absolute atomic E-state index is 0.0384. The molecular formula is C68H128N2O7P+. The zero-order valence-corrected chi connectivity index (χ0v) is 53.1. The van der Waals surface area contributed by atoms with Crippen LogP contribution in [0.5, 0.6) is 0 Å². The summed E-state index contributed by atoms with van der Waals surface area (Å²) in [6, 6.07) is -0.853. The second-order valence-electron chi connectivity index (χ2n) is 23.6. The summed E-state index contributed by atoms with van der Waals surface area (Å²) in [6.07, 6.45) is 73.6. The summed E-state index contributed by atoms with van der Waals surface area (Å²) in [7, 11) is 1.50. The van der Waals surface area contributed by atoms with Gasteiger partial charge in [-0.15, -0.1) is 0 Å². The Labute approximate surface area is 483 Å². The normalized spacial score (nSPS) is 14.0. The molecule has 0 fully saturated rings. The molecule has 0 aliphatic carbocycles. The van der Waals surface area contributed by atoms with E-state index < -0.39 is 20.0 Å². The van der Waals surface area contributed by atoms with Crippen molar-refractivity contribution in [2.75, 3.05) is 40.9 Å². The van der Waals surface area contributed by atoms with E-state index in [0.717, 1.165) is 83.5 Å². The Balaban J connectivity index is 5.14. The summed E-state index contributed by atoms with van der Waals surface area (Å²) < 4.78 is 30.8. The molecule has 0 aliphatic rings. The van der Waals surface area contributed by atoms with Crippen LogP contribution in [-0.4, -0.2) is 74.3 Å². The van der Waals surface area contributed by atoms with Gasteiger partial charge in [-0.1, -0.05) is 262 Å². The quantitative estimate of drug-likeness (QED) is 0.0205. The van der Waals surface area contributed by atoms with E-state index >= 15 is 0 Å². The van der Waals surface area contributed by atoms with E-state index in [1.807, 2.05) is 33.3 Å². The van der Waals surface area contributed by atoms with Crippen LogP contribution in [0.15, 0.2) is 60.8 Å². The van der Waals surface area contributed by atoms with Crippen LogP contribution in [0.3, 0.4) is 0 Å². The summed E-state index contributed by atoms with van der Waals surface area (Å²) in [4.78, 5) is 37.8. The number of nitrogens with zero attached hydrogens (tertiary/aromatic N) is 1. The van der Waals surface area contributed by atoms with Gasteiger partial charge >= 0.3 is 13.8 Å². The zero-order valence-electron chi connectivity index (χ0n) is 52.2. The molecule has 2 N–H and O–H groups in total. The predicted molar refractivity (Wildman–Crippen MR) is 337 cm³/mol. The van der Waals surface area contributed by atoms with Gasteiger partial charge in [-0.25, -0.2) is 4.57 Å². The fraction of sp³-hybridized carbons (Fsp3) is 0.824. The van der Waals surface area contributed by atoms with Gasteiger partial charge in [-0.3, -0.25) is 18.6 Å². The van der Waals surface area contributed by atoms with Crippen molar-refractivity contribution in [2.45, 2.75) is 322 Å². The predicted octanol–water partition coefficient (Wildman–Crippen LogP) is 20.6. The average Bonchev–Trinajstić information content (AvgIpc) is 3.40. The first-order chi connectivity index (χ1) is 37.9. The van der Waals surface area contributed by atoms with Crippen molar-refractivity contribution < 1.29 is 37.3 Å². The zero-order chi connectivity index (χ0) is 57.2. The number of unbranched alkanes of at least 4 members (excludes halogenated alkanes) is 36. The fourth-order valence-electron chi connectivity index (χ4n) is 9.53. The molecule has 0 aromatic carbocycles. The Bertz CT molecular complexity index is 1520. The lowest BCUT2D eigenvalue weighted by atomic mass is 10.0. The van der Waals surface area contributed by atoms with Crippen LogP contribution < -0.4 is 5.32 Å². The molecule has 0 saturated carbocycles. The molecule has 0 radical (unpaired) electrons. The molecular weight excluding hydrogens is 988 g/mol. The van der Waals surface area contributed by atoms with Gasteiger partial charge in [0.05, 0.1) is 33.8 Å². The van der Waals surface area contributed by atoms with E-state index in [0.29, 0.717) is 17.4 Å². The van der Waals surface area contributed by atoms with Crippen LogP contribution in [0.2, 0.25) is 0 Å². The Morgan fingerprint density at radius 2 is 0.782 bits per heavy atom. The molecule has 0 heterocycles. The van der Waals surface area contributed by atoms with Crippen LogP contribution in [0.1, 0.15) is 310 Å². The van der Waals surface area contributed by atoms with Gasteiger partial charge in [0.25, 0.3) is 0 Å². The van der Waals surface area contributed by atoms with Crippen molar-refractivity contribution in [3.8, 4) is 0 Å². The van der Waals surface area contributed by atoms with Crippen LogP contribution in [-0.2, 0) is 27.9 Å². The Hall–Kier alpha value is -2.29. The van der Waals surface area contributed by atoms with Gasteiger partial charge in [-0.2, -0.15) is 0 Å². The second kappa shape index (κ2) is 57.9. The van der Waals surface area contributed by atoms with Crippen molar-refractivity contribution in [3.63, 3.8) is 0 Å². The number of rotatable bonds is 60. The number of likely N-dealkylation sites (N-methyl/N-ethyl adjacent to an activating group) is 1. The SMILES string of the molecule is CCCCC/C=C\C/C=C\CCCCCCCCCCCCCCCC(=O)NC(COP(=O)(O)OCC[N+](C)(C)C)C(/C=C\CCCCCCCCCCCC)OC(=O)CCCCCCCCC/C=C\C/C=C\CCCCC. The largest absolute Gasteiger partial charge is 0.472 e. The molecule has 456 valence electrons. The summed E-state index contributed by atoms with van der Waals surface area (Å²) >= 11 is 0. The number of nitrogens with one attached hydrogen (secondary N) is 1. The number of hydrogen-bond donors (Lipinski definition) is 2. The lowest BCUT2D eigenvalue weighted by molar-refractivity contribution is -0.870. The molecule has 1 amide bonds. The third kappa shape index (κ3) is 58.4. The number of allylic oxidation sites excluding steroid dienone is 9. The minimum atomic E-state index is -4.45. The maximum absolute atomic E-state index is 13.6. The highest BCUT2D eigenvalue weighted by Gasteiger charge is 2.30. The third-order valence-electron chi connectivity index (χ3n) is 14.7. The Morgan fingerprint density at radius 1 is 0.449 bits per heavy atom. The van der Waals surface area contributed by atoms with Gasteiger partial charge in [0.2, 0.25) is 5.91 Å². The molecule has 0 rings (SSSR count). The number of carbonyl (C=O) groups excluding carboxylic acids is 2. The third-order valence-corrected chi connectivity index (χ3v) is 15.7. The molecule has 78 heavy (non-hydrogen) atoms. The van der Waals surface area contributed by atoms with Crippen molar-refractivity contribution in [3.05, 3.63) is 60.8 Å². The number of phosphoric acid groups is 1. The maximum atomic E-state index is 13.6. The highest BCUT2D eigenvalue weighted by atomic mass is 31.2. The number of ether oxygens (including phenoxy) is 1. The lowest BCUT2D eigenvalue weighted by Gasteiger charge is -2.27. The van der Waals surface area contributed by atoms with Gasteiger partial charge < -0.3 is 19.4 Å². The summed E-state index contributed by atoms with van der Waals surface area (Å²) in [5.41, 5.74) is 0. The average molecular weight is 1120 g/mol. The molecule has 0 bridgehead atoms. The molecule has 0 aromatic heterocycles. The highest BCUT2D eigenvalue weighted by molar-refractivity contribution is 7.47. The fourth-order valence-corrected chi connectivity index (χ4v) is 10.3. The van der Waals surface area contributed by atoms with Crippen molar-refractivity contribution in [1.82, 2.24) is 5.32 Å². The summed E-state index contributed by atoms with van der Waals surface area (Å²) in [6.45, 7) is 6.98. The number of hydrogen-bond acceptors (Lipinski definition) is 6. The number of quaternary nitrogens is 1. The Morgan fingerprint density at radius 3 is 1.18 bits per heavy atom. The molecule has 3 atom stereocenters. The van der Waals surface area contributed by atoms with Crippen LogP contribution in [0, 0.1) is 0 Å².